The maximum atomic E-state index is 10.3. The SMILES string of the molecule is Cc1cc2cnc(Nc3cnn(C4CC4)c3Cl)nc2cc1C1CCC(C)(O)CC1. The Morgan fingerprint density at radius 2 is 1.93 bits per heavy atom. The highest BCUT2D eigenvalue weighted by Gasteiger charge is 2.30. The van der Waals surface area contributed by atoms with Gasteiger partial charge in [-0.1, -0.05) is 11.6 Å². The fourth-order valence-corrected chi connectivity index (χ4v) is 4.66. The number of benzene rings is 1. The van der Waals surface area contributed by atoms with Gasteiger partial charge in [0.25, 0.3) is 0 Å². The van der Waals surface area contributed by atoms with E-state index in [4.69, 9.17) is 16.6 Å². The number of hydrogen-bond acceptors (Lipinski definition) is 5. The molecule has 0 radical (unpaired) electrons. The van der Waals surface area contributed by atoms with Crippen molar-refractivity contribution in [3.05, 3.63) is 40.8 Å². The van der Waals surface area contributed by atoms with Gasteiger partial charge in [-0.25, -0.2) is 14.6 Å². The van der Waals surface area contributed by atoms with E-state index in [1.807, 2.05) is 17.8 Å². The van der Waals surface area contributed by atoms with Gasteiger partial charge < -0.3 is 10.4 Å². The first-order valence-electron chi connectivity index (χ1n) is 10.4. The van der Waals surface area contributed by atoms with Gasteiger partial charge >= 0.3 is 0 Å². The van der Waals surface area contributed by atoms with Crippen molar-refractivity contribution in [2.75, 3.05) is 5.32 Å². The summed E-state index contributed by atoms with van der Waals surface area (Å²) in [6, 6.07) is 4.79. The van der Waals surface area contributed by atoms with E-state index in [1.165, 1.54) is 11.1 Å². The maximum absolute atomic E-state index is 10.3. The Morgan fingerprint density at radius 1 is 1.17 bits per heavy atom. The van der Waals surface area contributed by atoms with Crippen LogP contribution in [-0.4, -0.2) is 30.5 Å². The molecule has 0 unspecified atom stereocenters. The number of nitrogens with one attached hydrogen (secondary N) is 1. The Labute approximate surface area is 175 Å². The Morgan fingerprint density at radius 3 is 2.66 bits per heavy atom. The molecule has 2 aromatic heterocycles. The van der Waals surface area contributed by atoms with Gasteiger partial charge in [0.2, 0.25) is 5.95 Å². The highest BCUT2D eigenvalue weighted by molar-refractivity contribution is 6.32. The van der Waals surface area contributed by atoms with Crippen molar-refractivity contribution in [3.8, 4) is 0 Å². The van der Waals surface area contributed by atoms with E-state index in [9.17, 15) is 5.11 Å². The summed E-state index contributed by atoms with van der Waals surface area (Å²) < 4.78 is 1.87. The van der Waals surface area contributed by atoms with E-state index in [0.717, 1.165) is 55.1 Å². The number of halogens is 1. The van der Waals surface area contributed by atoms with Crippen LogP contribution in [0.4, 0.5) is 11.6 Å². The van der Waals surface area contributed by atoms with Crippen molar-refractivity contribution < 1.29 is 5.11 Å². The number of aliphatic hydroxyl groups is 1. The van der Waals surface area contributed by atoms with Crippen LogP contribution in [0.15, 0.2) is 24.5 Å². The summed E-state index contributed by atoms with van der Waals surface area (Å²) in [4.78, 5) is 9.20. The van der Waals surface area contributed by atoms with E-state index in [0.29, 0.717) is 23.1 Å². The number of hydrogen-bond donors (Lipinski definition) is 2. The smallest absolute Gasteiger partial charge is 0.227 e. The number of fused-ring (bicyclic) bond motifs is 1. The number of anilines is 2. The zero-order valence-electron chi connectivity index (χ0n) is 16.8. The molecule has 2 saturated carbocycles. The third-order valence-electron chi connectivity index (χ3n) is 6.34. The molecular weight excluding hydrogens is 386 g/mol. The first-order chi connectivity index (χ1) is 13.9. The average molecular weight is 412 g/mol. The topological polar surface area (TPSA) is 75.9 Å². The first-order valence-corrected chi connectivity index (χ1v) is 10.8. The van der Waals surface area contributed by atoms with Crippen LogP contribution in [0.2, 0.25) is 5.15 Å². The standard InChI is InChI=1S/C22H26ClN5O/c1-13-9-15-11-24-21(27-19-12-25-28(20(19)23)16-3-4-16)26-18(15)10-17(13)14-5-7-22(2,29)8-6-14/h9-12,14,16,29H,3-8H2,1-2H3,(H,24,26,27). The summed E-state index contributed by atoms with van der Waals surface area (Å²) in [6.45, 7) is 4.10. The van der Waals surface area contributed by atoms with Gasteiger partial charge in [-0.3, -0.25) is 0 Å². The van der Waals surface area contributed by atoms with Gasteiger partial charge in [0.05, 0.1) is 29.0 Å². The lowest BCUT2D eigenvalue weighted by Crippen LogP contribution is -2.29. The van der Waals surface area contributed by atoms with Crippen LogP contribution in [0.25, 0.3) is 10.9 Å². The molecule has 5 rings (SSSR count). The lowest BCUT2D eigenvalue weighted by atomic mass is 9.76. The molecule has 0 spiro atoms. The second kappa shape index (κ2) is 6.96. The molecule has 2 aliphatic carbocycles. The summed E-state index contributed by atoms with van der Waals surface area (Å²) >= 11 is 6.46. The molecule has 3 aromatic rings. The summed E-state index contributed by atoms with van der Waals surface area (Å²) in [5, 5.41) is 19.5. The lowest BCUT2D eigenvalue weighted by molar-refractivity contribution is 0.0171. The Balaban J connectivity index is 1.42. The molecule has 7 heteroatoms. The Hall–Kier alpha value is -2.18. The van der Waals surface area contributed by atoms with Crippen LogP contribution >= 0.6 is 11.6 Å². The fourth-order valence-electron chi connectivity index (χ4n) is 4.38. The highest BCUT2D eigenvalue weighted by atomic mass is 35.5. The second-order valence-electron chi connectivity index (χ2n) is 8.88. The third-order valence-corrected chi connectivity index (χ3v) is 6.72. The third kappa shape index (κ3) is 3.71. The number of aromatic nitrogens is 4. The molecular formula is C22H26ClN5O. The van der Waals surface area contributed by atoms with Crippen molar-refractivity contribution in [2.24, 2.45) is 0 Å². The van der Waals surface area contributed by atoms with Gasteiger partial charge in [0.1, 0.15) is 0 Å². The lowest BCUT2D eigenvalue weighted by Gasteiger charge is -2.34. The second-order valence-corrected chi connectivity index (χ2v) is 9.24. The van der Waals surface area contributed by atoms with Crippen LogP contribution in [-0.2, 0) is 0 Å². The van der Waals surface area contributed by atoms with Crippen molar-refractivity contribution in [3.63, 3.8) is 0 Å². The minimum atomic E-state index is -0.523. The Bertz CT molecular complexity index is 1060. The molecule has 2 fully saturated rings. The summed E-state index contributed by atoms with van der Waals surface area (Å²) in [5.74, 6) is 0.994. The molecule has 0 saturated heterocycles. The number of nitrogens with zero attached hydrogens (tertiary/aromatic N) is 4. The van der Waals surface area contributed by atoms with Gasteiger partial charge in [-0.15, -0.1) is 0 Å². The molecule has 0 amide bonds. The van der Waals surface area contributed by atoms with Crippen molar-refractivity contribution in [2.45, 2.75) is 69.9 Å². The summed E-state index contributed by atoms with van der Waals surface area (Å²) in [7, 11) is 0. The largest absolute Gasteiger partial charge is 0.390 e. The number of aryl methyl sites for hydroxylation is 1. The van der Waals surface area contributed by atoms with Crippen LogP contribution in [0.5, 0.6) is 0 Å². The Kier molecular flexibility index (Phi) is 4.51. The molecule has 152 valence electrons. The number of rotatable bonds is 4. The van der Waals surface area contributed by atoms with E-state index >= 15 is 0 Å². The van der Waals surface area contributed by atoms with E-state index < -0.39 is 5.60 Å². The van der Waals surface area contributed by atoms with Crippen molar-refractivity contribution in [1.82, 2.24) is 19.7 Å². The average Bonchev–Trinajstić information content (AvgIpc) is 3.46. The highest BCUT2D eigenvalue weighted by Crippen LogP contribution is 2.40. The van der Waals surface area contributed by atoms with Gasteiger partial charge in [-0.2, -0.15) is 5.10 Å². The van der Waals surface area contributed by atoms with Crippen LogP contribution in [0.3, 0.4) is 0 Å². The molecule has 0 bridgehead atoms. The zero-order chi connectivity index (χ0) is 20.2. The van der Waals surface area contributed by atoms with Gasteiger partial charge in [0.15, 0.2) is 5.15 Å². The molecule has 0 aliphatic heterocycles. The minimum Gasteiger partial charge on any atom is -0.390 e. The minimum absolute atomic E-state index is 0.428. The predicted molar refractivity (Wildman–Crippen MR) is 115 cm³/mol. The van der Waals surface area contributed by atoms with E-state index in [-0.39, 0.29) is 0 Å². The monoisotopic (exact) mass is 411 g/mol. The van der Waals surface area contributed by atoms with Gasteiger partial charge in [0, 0.05) is 11.6 Å². The molecule has 2 heterocycles. The maximum Gasteiger partial charge on any atom is 0.227 e. The molecule has 2 aliphatic rings. The van der Waals surface area contributed by atoms with Crippen LogP contribution in [0, 0.1) is 6.92 Å². The van der Waals surface area contributed by atoms with Crippen LogP contribution in [0.1, 0.15) is 68.5 Å². The van der Waals surface area contributed by atoms with Gasteiger partial charge in [-0.05, 0) is 81.5 Å². The molecule has 1 aromatic carbocycles. The van der Waals surface area contributed by atoms with Crippen molar-refractivity contribution in [1.29, 1.82) is 0 Å². The zero-order valence-corrected chi connectivity index (χ0v) is 17.6. The normalized spacial score (nSPS) is 24.8. The van der Waals surface area contributed by atoms with Crippen LogP contribution < -0.4 is 5.32 Å². The molecule has 0 atom stereocenters. The summed E-state index contributed by atoms with van der Waals surface area (Å²) in [5.41, 5.74) is 3.73. The fraction of sp³-hybridized carbons (Fsp3) is 0.500. The quantitative estimate of drug-likeness (QED) is 0.611. The van der Waals surface area contributed by atoms with E-state index in [1.54, 1.807) is 6.20 Å². The molecule has 2 N–H and O–H groups in total. The van der Waals surface area contributed by atoms with E-state index in [2.05, 4.69) is 34.5 Å². The first kappa shape index (κ1) is 18.8. The summed E-state index contributed by atoms with van der Waals surface area (Å²) in [6.07, 6.45) is 9.55. The predicted octanol–water partition coefficient (Wildman–Crippen LogP) is 5.28. The molecule has 29 heavy (non-hydrogen) atoms. The van der Waals surface area contributed by atoms with Crippen molar-refractivity contribution >= 4 is 34.1 Å². The molecule has 6 nitrogen and oxygen atoms in total.